The van der Waals surface area contributed by atoms with Gasteiger partial charge in [-0.25, -0.2) is 4.98 Å². The molecule has 148 valence electrons. The van der Waals surface area contributed by atoms with Crippen LogP contribution in [-0.2, 0) is 16.8 Å². The number of fused-ring (bicyclic) bond motifs is 1. The molecule has 4 aromatic rings. The van der Waals surface area contributed by atoms with Gasteiger partial charge in [0.1, 0.15) is 23.8 Å². The first-order valence-corrected chi connectivity index (χ1v) is 9.36. The molecule has 0 radical (unpaired) electrons. The van der Waals surface area contributed by atoms with E-state index in [4.69, 9.17) is 9.15 Å². The summed E-state index contributed by atoms with van der Waals surface area (Å²) in [6.07, 6.45) is 1.75. The minimum Gasteiger partial charge on any atom is -0.487 e. The molecule has 0 unspecified atom stereocenters. The average Bonchev–Trinajstić information content (AvgIpc) is 3.30. The number of benzene rings is 2. The summed E-state index contributed by atoms with van der Waals surface area (Å²) in [5.41, 5.74) is 2.21. The average molecular weight is 390 g/mol. The molecule has 0 aliphatic rings. The summed E-state index contributed by atoms with van der Waals surface area (Å²) < 4.78 is 11.7. The maximum atomic E-state index is 11.7. The molecule has 29 heavy (non-hydrogen) atoms. The van der Waals surface area contributed by atoms with Crippen LogP contribution in [0.15, 0.2) is 59.1 Å². The predicted molar refractivity (Wildman–Crippen MR) is 110 cm³/mol. The maximum Gasteiger partial charge on any atom is 0.313 e. The molecule has 0 aliphatic carbocycles. The highest BCUT2D eigenvalue weighted by atomic mass is 16.5. The number of aromatic nitrogens is 2. The summed E-state index contributed by atoms with van der Waals surface area (Å²) >= 11 is 0. The molecule has 0 spiro atoms. The Hall–Kier alpha value is -3.54. The summed E-state index contributed by atoms with van der Waals surface area (Å²) in [5.74, 6) is 1.03. The van der Waals surface area contributed by atoms with Crippen LogP contribution in [0.2, 0.25) is 0 Å². The largest absolute Gasteiger partial charge is 0.487 e. The second-order valence-corrected chi connectivity index (χ2v) is 7.52. The van der Waals surface area contributed by atoms with Crippen LogP contribution in [0.5, 0.6) is 5.75 Å². The van der Waals surface area contributed by atoms with Gasteiger partial charge in [-0.15, -0.1) is 0 Å². The number of nitrogens with one attached hydrogen (secondary N) is 1. The summed E-state index contributed by atoms with van der Waals surface area (Å²) in [6, 6.07) is 15.3. The fraction of sp³-hybridized carbons (Fsp3) is 0.217. The molecule has 0 aliphatic heterocycles. The molecule has 0 saturated carbocycles. The van der Waals surface area contributed by atoms with Gasteiger partial charge in [0.15, 0.2) is 0 Å². The lowest BCUT2D eigenvalue weighted by Crippen LogP contribution is -2.28. The Bertz CT molecular complexity index is 1170. The fourth-order valence-corrected chi connectivity index (χ4v) is 3.24. The van der Waals surface area contributed by atoms with Gasteiger partial charge in [-0.2, -0.15) is 0 Å². The summed E-state index contributed by atoms with van der Waals surface area (Å²) in [5, 5.41) is 10.4. The van der Waals surface area contributed by atoms with Gasteiger partial charge in [0.2, 0.25) is 5.89 Å². The molecule has 6 heteroatoms. The number of H-pyrrole nitrogens is 1. The van der Waals surface area contributed by atoms with Crippen molar-refractivity contribution >= 4 is 16.9 Å². The first kappa shape index (κ1) is 18.8. The number of hydrogen-bond acceptors (Lipinski definition) is 4. The van der Waals surface area contributed by atoms with E-state index in [1.165, 1.54) is 0 Å². The van der Waals surface area contributed by atoms with Crippen LogP contribution in [0.1, 0.15) is 30.9 Å². The Morgan fingerprint density at radius 3 is 2.69 bits per heavy atom. The Labute approximate surface area is 168 Å². The molecule has 6 nitrogen and oxygen atoms in total. The third-order valence-corrected chi connectivity index (χ3v) is 5.15. The lowest BCUT2D eigenvalue weighted by Gasteiger charge is -2.18. The van der Waals surface area contributed by atoms with Crippen molar-refractivity contribution in [2.24, 2.45) is 0 Å². The lowest BCUT2D eigenvalue weighted by molar-refractivity contribution is -0.142. The number of carboxylic acids is 1. The van der Waals surface area contributed by atoms with Gasteiger partial charge >= 0.3 is 5.97 Å². The van der Waals surface area contributed by atoms with Crippen molar-refractivity contribution < 1.29 is 19.1 Å². The van der Waals surface area contributed by atoms with Crippen LogP contribution in [0, 0.1) is 6.92 Å². The van der Waals surface area contributed by atoms with Gasteiger partial charge in [0, 0.05) is 22.7 Å². The highest BCUT2D eigenvalue weighted by Crippen LogP contribution is 2.33. The zero-order valence-corrected chi connectivity index (χ0v) is 16.5. The molecule has 2 N–H and O–H groups in total. The minimum atomic E-state index is -1.01. The molecule has 0 bridgehead atoms. The molecule has 2 aromatic carbocycles. The quantitative estimate of drug-likeness (QED) is 0.480. The van der Waals surface area contributed by atoms with E-state index in [1.807, 2.05) is 55.5 Å². The standard InChI is InChI=1S/C23H22N2O4/c1-14-20(25-21(29-14)15-7-5-4-6-8-15)13-28-16-9-10-19-17(11-16)18(12-24-19)23(2,3)22(26)27/h4-12,24H,13H2,1-3H3,(H,26,27). The minimum absolute atomic E-state index is 0.260. The topological polar surface area (TPSA) is 88.4 Å². The number of hydrogen-bond donors (Lipinski definition) is 2. The molecular formula is C23H22N2O4. The van der Waals surface area contributed by atoms with Gasteiger partial charge in [-0.1, -0.05) is 18.2 Å². The first-order valence-electron chi connectivity index (χ1n) is 9.36. The normalized spacial score (nSPS) is 11.7. The van der Waals surface area contributed by atoms with Crippen molar-refractivity contribution in [3.63, 3.8) is 0 Å². The number of carboxylic acid groups (broad SMARTS) is 1. The number of nitrogens with zero attached hydrogens (tertiary/aromatic N) is 1. The van der Waals surface area contributed by atoms with E-state index >= 15 is 0 Å². The van der Waals surface area contributed by atoms with Crippen LogP contribution in [0.25, 0.3) is 22.4 Å². The van der Waals surface area contributed by atoms with E-state index < -0.39 is 11.4 Å². The van der Waals surface area contributed by atoms with Crippen molar-refractivity contribution in [2.75, 3.05) is 0 Å². The van der Waals surface area contributed by atoms with Gasteiger partial charge in [0.25, 0.3) is 0 Å². The Morgan fingerprint density at radius 2 is 1.97 bits per heavy atom. The number of rotatable bonds is 6. The first-order chi connectivity index (χ1) is 13.9. The third kappa shape index (κ3) is 3.49. The zero-order valence-electron chi connectivity index (χ0n) is 16.5. The van der Waals surface area contributed by atoms with E-state index in [1.54, 1.807) is 20.0 Å². The van der Waals surface area contributed by atoms with Crippen LogP contribution in [-0.4, -0.2) is 21.0 Å². The van der Waals surface area contributed by atoms with Crippen molar-refractivity contribution in [3.05, 3.63) is 71.7 Å². The van der Waals surface area contributed by atoms with Crippen LogP contribution < -0.4 is 4.74 Å². The Morgan fingerprint density at radius 1 is 1.21 bits per heavy atom. The summed E-state index contributed by atoms with van der Waals surface area (Å²) in [4.78, 5) is 19.3. The lowest BCUT2D eigenvalue weighted by atomic mass is 9.84. The number of aromatic amines is 1. The van der Waals surface area contributed by atoms with Crippen LogP contribution >= 0.6 is 0 Å². The van der Waals surface area contributed by atoms with E-state index in [0.29, 0.717) is 17.4 Å². The monoisotopic (exact) mass is 390 g/mol. The van der Waals surface area contributed by atoms with Crippen molar-refractivity contribution in [2.45, 2.75) is 32.8 Å². The molecule has 0 amide bonds. The number of oxazole rings is 1. The molecule has 0 atom stereocenters. The molecule has 2 heterocycles. The highest BCUT2D eigenvalue weighted by Gasteiger charge is 2.32. The van der Waals surface area contributed by atoms with Gasteiger partial charge in [-0.05, 0) is 56.7 Å². The van der Waals surface area contributed by atoms with Gasteiger partial charge < -0.3 is 19.2 Å². The highest BCUT2D eigenvalue weighted by molar-refractivity contribution is 5.92. The second-order valence-electron chi connectivity index (χ2n) is 7.52. The predicted octanol–water partition coefficient (Wildman–Crippen LogP) is 5.07. The van der Waals surface area contributed by atoms with Crippen LogP contribution in [0.3, 0.4) is 0 Å². The molecule has 4 rings (SSSR count). The molecular weight excluding hydrogens is 368 g/mol. The Kier molecular flexibility index (Phi) is 4.62. The van der Waals surface area contributed by atoms with Gasteiger partial charge in [-0.3, -0.25) is 4.79 Å². The Balaban J connectivity index is 1.58. The van der Waals surface area contributed by atoms with Crippen molar-refractivity contribution in [1.29, 1.82) is 0 Å². The van der Waals surface area contributed by atoms with Crippen LogP contribution in [0.4, 0.5) is 0 Å². The smallest absolute Gasteiger partial charge is 0.313 e. The van der Waals surface area contributed by atoms with E-state index in [9.17, 15) is 9.90 Å². The van der Waals surface area contributed by atoms with E-state index in [2.05, 4.69) is 9.97 Å². The van der Waals surface area contributed by atoms with Gasteiger partial charge in [0.05, 0.1) is 5.41 Å². The number of ether oxygens (including phenoxy) is 1. The maximum absolute atomic E-state index is 11.7. The molecule has 2 aromatic heterocycles. The van der Waals surface area contributed by atoms with Crippen molar-refractivity contribution in [3.8, 4) is 17.2 Å². The van der Waals surface area contributed by atoms with E-state index in [-0.39, 0.29) is 6.61 Å². The number of aliphatic carboxylic acids is 1. The molecule has 0 fully saturated rings. The SMILES string of the molecule is Cc1oc(-c2ccccc2)nc1COc1ccc2[nH]cc(C(C)(C)C(=O)O)c2c1. The molecule has 0 saturated heterocycles. The second kappa shape index (κ2) is 7.13. The fourth-order valence-electron chi connectivity index (χ4n) is 3.24. The summed E-state index contributed by atoms with van der Waals surface area (Å²) in [7, 11) is 0. The number of carbonyl (C=O) groups is 1. The summed E-state index contributed by atoms with van der Waals surface area (Å²) in [6.45, 7) is 5.50. The number of aryl methyl sites for hydroxylation is 1. The zero-order chi connectivity index (χ0) is 20.6. The third-order valence-electron chi connectivity index (χ3n) is 5.15. The van der Waals surface area contributed by atoms with Crippen molar-refractivity contribution in [1.82, 2.24) is 9.97 Å². The van der Waals surface area contributed by atoms with E-state index in [0.717, 1.165) is 27.7 Å².